The quantitative estimate of drug-likeness (QED) is 0.808. The Morgan fingerprint density at radius 3 is 2.35 bits per heavy atom. The third-order valence-electron chi connectivity index (χ3n) is 3.86. The van der Waals surface area contributed by atoms with E-state index in [1.807, 2.05) is 30.3 Å². The topological polar surface area (TPSA) is 63.7 Å². The standard InChI is InChI=1S/C17H17NO4S/c1-13(19)14-7-9-16(10-8-14)23(20,21)18-11-17(22-12-18)15-5-3-2-4-6-15/h2-10,17H,11-12H2,1H3. The summed E-state index contributed by atoms with van der Waals surface area (Å²) in [7, 11) is -3.63. The molecule has 3 rings (SSSR count). The number of carbonyl (C=O) groups is 1. The van der Waals surface area contributed by atoms with Crippen LogP contribution < -0.4 is 0 Å². The van der Waals surface area contributed by atoms with Crippen molar-refractivity contribution in [1.29, 1.82) is 0 Å². The Bertz CT molecular complexity index is 800. The van der Waals surface area contributed by atoms with E-state index in [2.05, 4.69) is 0 Å². The molecule has 0 aliphatic carbocycles. The molecule has 0 saturated carbocycles. The Hall–Kier alpha value is -2.02. The molecule has 1 fully saturated rings. The van der Waals surface area contributed by atoms with E-state index in [-0.39, 0.29) is 30.1 Å². The number of carbonyl (C=O) groups excluding carboxylic acids is 1. The van der Waals surface area contributed by atoms with Crippen LogP contribution in [0.15, 0.2) is 59.5 Å². The maximum Gasteiger partial charge on any atom is 0.245 e. The van der Waals surface area contributed by atoms with Gasteiger partial charge in [0.1, 0.15) is 6.73 Å². The summed E-state index contributed by atoms with van der Waals surface area (Å²) in [6.45, 7) is 1.75. The van der Waals surface area contributed by atoms with Crippen molar-refractivity contribution in [2.75, 3.05) is 13.3 Å². The molecule has 1 atom stereocenters. The molecule has 0 radical (unpaired) electrons. The van der Waals surface area contributed by atoms with Crippen molar-refractivity contribution in [1.82, 2.24) is 4.31 Å². The van der Waals surface area contributed by atoms with E-state index < -0.39 is 10.0 Å². The first-order chi connectivity index (χ1) is 11.0. The average molecular weight is 331 g/mol. The monoisotopic (exact) mass is 331 g/mol. The van der Waals surface area contributed by atoms with Crippen molar-refractivity contribution >= 4 is 15.8 Å². The van der Waals surface area contributed by atoms with Crippen LogP contribution in [0, 0.1) is 0 Å². The van der Waals surface area contributed by atoms with Crippen molar-refractivity contribution in [2.24, 2.45) is 0 Å². The van der Waals surface area contributed by atoms with Crippen molar-refractivity contribution in [3.05, 3.63) is 65.7 Å². The van der Waals surface area contributed by atoms with Gasteiger partial charge in [-0.1, -0.05) is 42.5 Å². The summed E-state index contributed by atoms with van der Waals surface area (Å²) >= 11 is 0. The first kappa shape index (κ1) is 15.9. The Labute approximate surface area is 135 Å². The van der Waals surface area contributed by atoms with Crippen LogP contribution in [0.3, 0.4) is 0 Å². The van der Waals surface area contributed by atoms with E-state index >= 15 is 0 Å². The predicted molar refractivity (Wildman–Crippen MR) is 85.5 cm³/mol. The van der Waals surface area contributed by atoms with Gasteiger partial charge < -0.3 is 4.74 Å². The van der Waals surface area contributed by atoms with E-state index in [0.29, 0.717) is 5.56 Å². The molecule has 0 N–H and O–H groups in total. The fourth-order valence-electron chi connectivity index (χ4n) is 2.51. The number of ketones is 1. The number of nitrogens with zero attached hydrogens (tertiary/aromatic N) is 1. The summed E-state index contributed by atoms with van der Waals surface area (Å²) < 4.78 is 32.2. The second kappa shape index (κ2) is 6.23. The van der Waals surface area contributed by atoms with E-state index in [1.54, 1.807) is 0 Å². The van der Waals surface area contributed by atoms with Crippen molar-refractivity contribution in [2.45, 2.75) is 17.9 Å². The van der Waals surface area contributed by atoms with Gasteiger partial charge in [0.25, 0.3) is 0 Å². The van der Waals surface area contributed by atoms with Crippen LogP contribution in [-0.4, -0.2) is 31.8 Å². The number of benzene rings is 2. The van der Waals surface area contributed by atoms with Crippen molar-refractivity contribution in [3.63, 3.8) is 0 Å². The Morgan fingerprint density at radius 1 is 1.09 bits per heavy atom. The van der Waals surface area contributed by atoms with Crippen LogP contribution in [-0.2, 0) is 14.8 Å². The summed E-state index contributed by atoms with van der Waals surface area (Å²) in [5.74, 6) is -0.0948. The third-order valence-corrected chi connectivity index (χ3v) is 5.66. The summed E-state index contributed by atoms with van der Waals surface area (Å²) in [5.41, 5.74) is 1.45. The fraction of sp³-hybridized carbons (Fsp3) is 0.235. The summed E-state index contributed by atoms with van der Waals surface area (Å²) in [6.07, 6.45) is -0.262. The minimum atomic E-state index is -3.63. The normalized spacial score (nSPS) is 18.9. The largest absolute Gasteiger partial charge is 0.356 e. The van der Waals surface area contributed by atoms with Crippen LogP contribution in [0.4, 0.5) is 0 Å². The number of Topliss-reactive ketones (excluding diaryl/α,β-unsaturated/α-hetero) is 1. The van der Waals surface area contributed by atoms with Crippen molar-refractivity contribution in [3.8, 4) is 0 Å². The maximum absolute atomic E-state index is 12.7. The van der Waals surface area contributed by atoms with Gasteiger partial charge >= 0.3 is 0 Å². The fourth-order valence-corrected chi connectivity index (χ4v) is 3.82. The minimum Gasteiger partial charge on any atom is -0.356 e. The van der Waals surface area contributed by atoms with Gasteiger partial charge in [0.05, 0.1) is 11.0 Å². The molecular weight excluding hydrogens is 314 g/mol. The van der Waals surface area contributed by atoms with Crippen LogP contribution in [0.2, 0.25) is 0 Å². The Kier molecular flexibility index (Phi) is 4.30. The molecule has 1 saturated heterocycles. The maximum atomic E-state index is 12.7. The number of hydrogen-bond donors (Lipinski definition) is 0. The first-order valence-corrected chi connectivity index (χ1v) is 8.70. The van der Waals surface area contributed by atoms with Gasteiger partial charge in [0.15, 0.2) is 5.78 Å². The highest BCUT2D eigenvalue weighted by atomic mass is 32.2. The molecule has 1 aliphatic rings. The number of sulfonamides is 1. The average Bonchev–Trinajstić information content (AvgIpc) is 3.06. The molecule has 23 heavy (non-hydrogen) atoms. The van der Waals surface area contributed by atoms with Gasteiger partial charge in [0.2, 0.25) is 10.0 Å². The van der Waals surface area contributed by atoms with Crippen molar-refractivity contribution < 1.29 is 17.9 Å². The molecule has 2 aromatic carbocycles. The smallest absolute Gasteiger partial charge is 0.245 e. The lowest BCUT2D eigenvalue weighted by molar-refractivity contribution is 0.101. The van der Waals surface area contributed by atoms with Gasteiger partial charge in [-0.15, -0.1) is 0 Å². The van der Waals surface area contributed by atoms with Crippen LogP contribution >= 0.6 is 0 Å². The molecule has 0 spiro atoms. The molecule has 2 aromatic rings. The number of rotatable bonds is 4. The molecule has 1 heterocycles. The van der Waals surface area contributed by atoms with Gasteiger partial charge in [-0.05, 0) is 24.6 Å². The van der Waals surface area contributed by atoms with Crippen LogP contribution in [0.1, 0.15) is 28.9 Å². The highest BCUT2D eigenvalue weighted by Gasteiger charge is 2.33. The highest BCUT2D eigenvalue weighted by Crippen LogP contribution is 2.28. The first-order valence-electron chi connectivity index (χ1n) is 7.26. The van der Waals surface area contributed by atoms with Gasteiger partial charge in [0, 0.05) is 12.1 Å². The molecule has 1 aliphatic heterocycles. The molecular formula is C17H17NO4S. The number of ether oxygens (including phenoxy) is 1. The SMILES string of the molecule is CC(=O)c1ccc(S(=O)(=O)N2COC(c3ccccc3)C2)cc1. The zero-order valence-corrected chi connectivity index (χ0v) is 13.5. The summed E-state index contributed by atoms with van der Waals surface area (Å²) in [5, 5.41) is 0. The Morgan fingerprint density at radius 2 is 1.74 bits per heavy atom. The zero-order valence-electron chi connectivity index (χ0n) is 12.7. The number of hydrogen-bond acceptors (Lipinski definition) is 4. The van der Waals surface area contributed by atoms with Gasteiger partial charge in [-0.3, -0.25) is 4.79 Å². The lowest BCUT2D eigenvalue weighted by Gasteiger charge is -2.14. The second-order valence-electron chi connectivity index (χ2n) is 5.42. The van der Waals surface area contributed by atoms with Gasteiger partial charge in [-0.2, -0.15) is 4.31 Å². The van der Waals surface area contributed by atoms with E-state index in [0.717, 1.165) is 5.56 Å². The van der Waals surface area contributed by atoms with E-state index in [1.165, 1.54) is 35.5 Å². The molecule has 1 unspecified atom stereocenters. The summed E-state index contributed by atoms with van der Waals surface area (Å²) in [4.78, 5) is 11.4. The third kappa shape index (κ3) is 3.19. The molecule has 6 heteroatoms. The van der Waals surface area contributed by atoms with E-state index in [9.17, 15) is 13.2 Å². The van der Waals surface area contributed by atoms with Gasteiger partial charge in [-0.25, -0.2) is 8.42 Å². The zero-order chi connectivity index (χ0) is 16.4. The molecule has 120 valence electrons. The predicted octanol–water partition coefficient (Wildman–Crippen LogP) is 2.61. The minimum absolute atomic E-state index is 0.0242. The molecule has 0 amide bonds. The van der Waals surface area contributed by atoms with E-state index in [4.69, 9.17) is 4.74 Å². The summed E-state index contributed by atoms with van der Waals surface area (Å²) in [6, 6.07) is 15.5. The highest BCUT2D eigenvalue weighted by molar-refractivity contribution is 7.89. The van der Waals surface area contributed by atoms with Crippen LogP contribution in [0.25, 0.3) is 0 Å². The van der Waals surface area contributed by atoms with Crippen LogP contribution in [0.5, 0.6) is 0 Å². The molecule has 5 nitrogen and oxygen atoms in total. The second-order valence-corrected chi connectivity index (χ2v) is 7.35. The Balaban J connectivity index is 1.79. The lowest BCUT2D eigenvalue weighted by atomic mass is 10.1. The lowest BCUT2D eigenvalue weighted by Crippen LogP contribution is -2.28. The molecule has 0 bridgehead atoms. The molecule has 0 aromatic heterocycles.